The van der Waals surface area contributed by atoms with Gasteiger partial charge in [0.15, 0.2) is 0 Å². The summed E-state index contributed by atoms with van der Waals surface area (Å²) in [6, 6.07) is 0. The minimum atomic E-state index is -0.0289. The molecule has 2 nitrogen and oxygen atoms in total. The lowest BCUT2D eigenvalue weighted by atomic mass is 10.3. The predicted octanol–water partition coefficient (Wildman–Crippen LogP) is 0.463. The highest BCUT2D eigenvalue weighted by atomic mass is 16.3. The highest BCUT2D eigenvalue weighted by Gasteiger charge is 2.27. The smallest absolute Gasteiger partial charge is 0.0679 e. The largest absolute Gasteiger partial charge is 0.392 e. The SMILES string of the molecule is O[C@H]1CCN(CC2CC2)C1. The second-order valence-corrected chi connectivity index (χ2v) is 3.65. The number of β-amino-alcohol motifs (C(OH)–C–C–N with tert-alkyl or cyclic N) is 1. The van der Waals surface area contributed by atoms with E-state index in [-0.39, 0.29) is 6.10 Å². The fourth-order valence-corrected chi connectivity index (χ4v) is 1.64. The van der Waals surface area contributed by atoms with Crippen molar-refractivity contribution in [2.24, 2.45) is 5.92 Å². The van der Waals surface area contributed by atoms with Crippen molar-refractivity contribution in [3.05, 3.63) is 0 Å². The van der Waals surface area contributed by atoms with Crippen LogP contribution in [0.1, 0.15) is 19.3 Å². The number of nitrogens with zero attached hydrogens (tertiary/aromatic N) is 1. The molecule has 0 amide bonds. The molecule has 2 rings (SSSR count). The van der Waals surface area contributed by atoms with Gasteiger partial charge in [-0.1, -0.05) is 0 Å². The molecule has 2 heteroatoms. The van der Waals surface area contributed by atoms with Crippen molar-refractivity contribution < 1.29 is 5.11 Å². The molecule has 2 fully saturated rings. The van der Waals surface area contributed by atoms with Gasteiger partial charge in [0.05, 0.1) is 6.10 Å². The Morgan fingerprint density at radius 3 is 2.60 bits per heavy atom. The van der Waals surface area contributed by atoms with Crippen molar-refractivity contribution in [2.45, 2.75) is 25.4 Å². The highest BCUT2D eigenvalue weighted by Crippen LogP contribution is 2.30. The molecule has 1 N–H and O–H groups in total. The van der Waals surface area contributed by atoms with Crippen LogP contribution in [0.5, 0.6) is 0 Å². The van der Waals surface area contributed by atoms with Gasteiger partial charge < -0.3 is 10.0 Å². The minimum Gasteiger partial charge on any atom is -0.392 e. The quantitative estimate of drug-likeness (QED) is 0.604. The van der Waals surface area contributed by atoms with Crippen molar-refractivity contribution in [1.82, 2.24) is 4.90 Å². The van der Waals surface area contributed by atoms with E-state index in [1.54, 1.807) is 0 Å². The molecule has 1 atom stereocenters. The molecule has 0 aromatic carbocycles. The fraction of sp³-hybridized carbons (Fsp3) is 1.00. The Kier molecular flexibility index (Phi) is 1.66. The molecule has 0 aromatic rings. The third kappa shape index (κ3) is 1.50. The normalized spacial score (nSPS) is 35.1. The number of hydrogen-bond acceptors (Lipinski definition) is 2. The first kappa shape index (κ1) is 6.62. The fourth-order valence-electron chi connectivity index (χ4n) is 1.64. The highest BCUT2D eigenvalue weighted by molar-refractivity contribution is 4.81. The van der Waals surface area contributed by atoms with E-state index in [2.05, 4.69) is 4.90 Å². The lowest BCUT2D eigenvalue weighted by Crippen LogP contribution is -2.24. The van der Waals surface area contributed by atoms with Gasteiger partial charge in [-0.25, -0.2) is 0 Å². The second-order valence-electron chi connectivity index (χ2n) is 3.65. The van der Waals surface area contributed by atoms with Crippen LogP contribution in [0.4, 0.5) is 0 Å². The second kappa shape index (κ2) is 2.51. The zero-order valence-corrected chi connectivity index (χ0v) is 6.29. The van der Waals surface area contributed by atoms with Gasteiger partial charge in [-0.3, -0.25) is 0 Å². The molecule has 10 heavy (non-hydrogen) atoms. The Morgan fingerprint density at radius 1 is 1.30 bits per heavy atom. The number of rotatable bonds is 2. The molecule has 58 valence electrons. The average molecular weight is 141 g/mol. The standard InChI is InChI=1S/C8H15NO/c10-8-3-4-9(6-8)5-7-1-2-7/h7-8,10H,1-6H2/t8-/m0/s1. The molecule has 1 heterocycles. The van der Waals surface area contributed by atoms with E-state index >= 15 is 0 Å². The van der Waals surface area contributed by atoms with Crippen LogP contribution in [0.15, 0.2) is 0 Å². The lowest BCUT2D eigenvalue weighted by Gasteiger charge is -2.12. The number of hydrogen-bond donors (Lipinski definition) is 1. The van der Waals surface area contributed by atoms with E-state index < -0.39 is 0 Å². The van der Waals surface area contributed by atoms with Gasteiger partial charge in [-0.15, -0.1) is 0 Å². The van der Waals surface area contributed by atoms with Crippen LogP contribution < -0.4 is 0 Å². The third-order valence-corrected chi connectivity index (χ3v) is 2.46. The predicted molar refractivity (Wildman–Crippen MR) is 39.8 cm³/mol. The molecule has 1 aliphatic carbocycles. The van der Waals surface area contributed by atoms with Crippen molar-refractivity contribution in [3.8, 4) is 0 Å². The van der Waals surface area contributed by atoms with Crippen LogP contribution in [0.2, 0.25) is 0 Å². The summed E-state index contributed by atoms with van der Waals surface area (Å²) in [5.74, 6) is 0.977. The van der Waals surface area contributed by atoms with Crippen LogP contribution in [0.3, 0.4) is 0 Å². The van der Waals surface area contributed by atoms with E-state index in [4.69, 9.17) is 0 Å². The first-order chi connectivity index (χ1) is 4.84. The molecule has 0 aromatic heterocycles. The number of aliphatic hydroxyl groups is 1. The summed E-state index contributed by atoms with van der Waals surface area (Å²) < 4.78 is 0. The van der Waals surface area contributed by atoms with Crippen molar-refractivity contribution in [1.29, 1.82) is 0 Å². The summed E-state index contributed by atoms with van der Waals surface area (Å²) in [6.45, 7) is 3.30. The maximum absolute atomic E-state index is 9.19. The van der Waals surface area contributed by atoms with Crippen molar-refractivity contribution >= 4 is 0 Å². The first-order valence-electron chi connectivity index (χ1n) is 4.25. The van der Waals surface area contributed by atoms with Gasteiger partial charge in [-0.05, 0) is 25.2 Å². The molecule has 1 aliphatic heterocycles. The zero-order chi connectivity index (χ0) is 6.97. The maximum Gasteiger partial charge on any atom is 0.0679 e. The molecule has 0 bridgehead atoms. The summed E-state index contributed by atoms with van der Waals surface area (Å²) in [5, 5.41) is 9.19. The summed E-state index contributed by atoms with van der Waals surface area (Å²) in [4.78, 5) is 2.39. The van der Waals surface area contributed by atoms with E-state index in [9.17, 15) is 5.11 Å². The van der Waals surface area contributed by atoms with E-state index in [0.29, 0.717) is 0 Å². The summed E-state index contributed by atoms with van der Waals surface area (Å²) in [7, 11) is 0. The van der Waals surface area contributed by atoms with Gasteiger partial charge >= 0.3 is 0 Å². The van der Waals surface area contributed by atoms with E-state index in [1.807, 2.05) is 0 Å². The molecule has 2 aliphatic rings. The van der Waals surface area contributed by atoms with Gasteiger partial charge in [0.2, 0.25) is 0 Å². The van der Waals surface area contributed by atoms with Crippen LogP contribution in [-0.4, -0.2) is 35.7 Å². The lowest BCUT2D eigenvalue weighted by molar-refractivity contribution is 0.175. The Balaban J connectivity index is 1.72. The first-order valence-corrected chi connectivity index (χ1v) is 4.25. The van der Waals surface area contributed by atoms with Crippen molar-refractivity contribution in [3.63, 3.8) is 0 Å². The van der Waals surface area contributed by atoms with Gasteiger partial charge in [0, 0.05) is 19.6 Å². The van der Waals surface area contributed by atoms with Gasteiger partial charge in [0.25, 0.3) is 0 Å². The van der Waals surface area contributed by atoms with E-state index in [1.165, 1.54) is 19.4 Å². The molecule has 0 unspecified atom stereocenters. The monoisotopic (exact) mass is 141 g/mol. The van der Waals surface area contributed by atoms with Gasteiger partial charge in [0.1, 0.15) is 0 Å². The van der Waals surface area contributed by atoms with Crippen LogP contribution in [0.25, 0.3) is 0 Å². The topological polar surface area (TPSA) is 23.5 Å². The molecule has 0 spiro atoms. The third-order valence-electron chi connectivity index (χ3n) is 2.46. The van der Waals surface area contributed by atoms with Gasteiger partial charge in [-0.2, -0.15) is 0 Å². The molecule has 0 radical (unpaired) electrons. The average Bonchev–Trinajstić information content (AvgIpc) is 2.59. The minimum absolute atomic E-state index is 0.0289. The Bertz CT molecular complexity index is 122. The van der Waals surface area contributed by atoms with Crippen LogP contribution in [-0.2, 0) is 0 Å². The van der Waals surface area contributed by atoms with Crippen LogP contribution in [0, 0.1) is 5.92 Å². The molecule has 1 saturated carbocycles. The zero-order valence-electron chi connectivity index (χ0n) is 6.29. The summed E-state index contributed by atoms with van der Waals surface area (Å²) in [5.41, 5.74) is 0. The van der Waals surface area contributed by atoms with Crippen molar-refractivity contribution in [2.75, 3.05) is 19.6 Å². The van der Waals surface area contributed by atoms with Crippen LogP contribution >= 0.6 is 0 Å². The number of aliphatic hydroxyl groups excluding tert-OH is 1. The number of likely N-dealkylation sites (tertiary alicyclic amines) is 1. The summed E-state index contributed by atoms with van der Waals surface area (Å²) in [6.07, 6.45) is 3.81. The Labute approximate surface area is 61.8 Å². The summed E-state index contributed by atoms with van der Waals surface area (Å²) >= 11 is 0. The molecular formula is C8H15NO. The Morgan fingerprint density at radius 2 is 2.10 bits per heavy atom. The molecule has 1 saturated heterocycles. The van der Waals surface area contributed by atoms with E-state index in [0.717, 1.165) is 25.4 Å². The Hall–Kier alpha value is -0.0800. The molecular weight excluding hydrogens is 126 g/mol. The maximum atomic E-state index is 9.19.